The van der Waals surface area contributed by atoms with E-state index in [-0.39, 0.29) is 23.6 Å². The van der Waals surface area contributed by atoms with E-state index in [4.69, 9.17) is 9.84 Å². The van der Waals surface area contributed by atoms with E-state index in [1.165, 1.54) is 24.3 Å². The van der Waals surface area contributed by atoms with Gasteiger partial charge in [0.05, 0.1) is 30.8 Å². The van der Waals surface area contributed by atoms with Gasteiger partial charge in [-0.1, -0.05) is 12.1 Å². The van der Waals surface area contributed by atoms with Gasteiger partial charge < -0.3 is 14.8 Å². The Morgan fingerprint density at radius 2 is 1.98 bits per heavy atom. The quantitative estimate of drug-likeness (QED) is 0.472. The first kappa shape index (κ1) is 26.8. The van der Waals surface area contributed by atoms with Gasteiger partial charge in [0.1, 0.15) is 11.6 Å². The zero-order chi connectivity index (χ0) is 27.6. The number of rotatable bonds is 7. The third kappa shape index (κ3) is 5.57. The lowest BCUT2D eigenvalue weighted by Crippen LogP contribution is -2.53. The van der Waals surface area contributed by atoms with Crippen molar-refractivity contribution >= 4 is 5.91 Å². The molecule has 1 unspecified atom stereocenters. The Bertz CT molecular complexity index is 1340. The number of ether oxygens (including phenoxy) is 2. The minimum atomic E-state index is -2.94. The zero-order valence-corrected chi connectivity index (χ0v) is 22.1. The maximum atomic E-state index is 13.7. The fraction of sp³-hybridized carbons (Fsp3) is 0.483. The van der Waals surface area contributed by atoms with E-state index in [0.29, 0.717) is 42.4 Å². The van der Waals surface area contributed by atoms with E-state index in [0.717, 1.165) is 63.0 Å². The molecule has 1 N–H and O–H groups in total. The number of carbonyl (C=O) groups is 1. The molecule has 11 heteroatoms. The van der Waals surface area contributed by atoms with Crippen LogP contribution in [-0.4, -0.2) is 70.6 Å². The van der Waals surface area contributed by atoms with Crippen molar-refractivity contribution in [2.75, 3.05) is 26.3 Å². The lowest BCUT2D eigenvalue weighted by molar-refractivity contribution is -0.126. The van der Waals surface area contributed by atoms with Crippen LogP contribution < -0.4 is 10.1 Å². The second-order valence-electron chi connectivity index (χ2n) is 10.6. The number of hydrogen-bond donors (Lipinski definition) is 1. The summed E-state index contributed by atoms with van der Waals surface area (Å²) in [5.74, 6) is -0.228. The molecule has 3 aliphatic rings. The predicted molar refractivity (Wildman–Crippen MR) is 141 cm³/mol. The molecule has 2 aromatic heterocycles. The molecule has 2 fully saturated rings. The van der Waals surface area contributed by atoms with Crippen molar-refractivity contribution in [3.05, 3.63) is 59.7 Å². The molecule has 3 atom stereocenters. The molecule has 0 radical (unpaired) electrons. The summed E-state index contributed by atoms with van der Waals surface area (Å²) >= 11 is 0. The highest BCUT2D eigenvalue weighted by molar-refractivity contribution is 5.80. The van der Waals surface area contributed by atoms with Crippen LogP contribution in [0.5, 0.6) is 5.75 Å². The second-order valence-corrected chi connectivity index (χ2v) is 10.6. The molecule has 1 saturated carbocycles. The van der Waals surface area contributed by atoms with Crippen molar-refractivity contribution in [1.82, 2.24) is 25.0 Å². The van der Waals surface area contributed by atoms with Crippen LogP contribution in [0.2, 0.25) is 0 Å². The molecule has 1 amide bonds. The van der Waals surface area contributed by atoms with Crippen molar-refractivity contribution < 1.29 is 27.4 Å². The van der Waals surface area contributed by atoms with Crippen LogP contribution >= 0.6 is 0 Å². The number of pyridine rings is 1. The van der Waals surface area contributed by atoms with Gasteiger partial charge in [-0.05, 0) is 56.4 Å². The summed E-state index contributed by atoms with van der Waals surface area (Å²) in [7, 11) is 0. The van der Waals surface area contributed by atoms with Crippen LogP contribution in [0.25, 0.3) is 17.1 Å². The van der Waals surface area contributed by atoms with Gasteiger partial charge in [0, 0.05) is 48.6 Å². The molecule has 6 rings (SSSR count). The number of aromatic nitrogens is 3. The van der Waals surface area contributed by atoms with Gasteiger partial charge >= 0.3 is 6.61 Å². The van der Waals surface area contributed by atoms with E-state index in [2.05, 4.69) is 19.9 Å². The molecule has 40 heavy (non-hydrogen) atoms. The molecule has 3 heterocycles. The number of benzene rings is 1. The van der Waals surface area contributed by atoms with Crippen molar-refractivity contribution in [2.24, 2.45) is 5.92 Å². The Morgan fingerprint density at radius 3 is 2.75 bits per heavy atom. The van der Waals surface area contributed by atoms with Crippen LogP contribution in [0.15, 0.2) is 42.6 Å². The van der Waals surface area contributed by atoms with E-state index >= 15 is 0 Å². The highest BCUT2D eigenvalue weighted by atomic mass is 19.3. The zero-order valence-electron chi connectivity index (χ0n) is 22.1. The highest BCUT2D eigenvalue weighted by Gasteiger charge is 2.37. The van der Waals surface area contributed by atoms with E-state index in [9.17, 15) is 18.0 Å². The van der Waals surface area contributed by atoms with Gasteiger partial charge in [0.15, 0.2) is 5.82 Å². The van der Waals surface area contributed by atoms with Gasteiger partial charge in [-0.3, -0.25) is 9.69 Å². The monoisotopic (exact) mass is 555 g/mol. The SMILES string of the molecule is O=C(N[C@@H]1CCC[C@@H]1N1CCOCC1)C1CCc2c(-c3cccc(OC(F)F)c3)nn(-c3ccc(F)cn3)c2C1. The fourth-order valence-electron chi connectivity index (χ4n) is 6.33. The molecule has 0 spiro atoms. The molecule has 1 aromatic carbocycles. The van der Waals surface area contributed by atoms with Crippen LogP contribution in [0.4, 0.5) is 13.2 Å². The number of morpholine rings is 1. The van der Waals surface area contributed by atoms with E-state index in [1.807, 2.05) is 0 Å². The Hall–Kier alpha value is -3.44. The summed E-state index contributed by atoms with van der Waals surface area (Å²) in [6.07, 6.45) is 5.90. The van der Waals surface area contributed by atoms with E-state index < -0.39 is 12.4 Å². The summed E-state index contributed by atoms with van der Waals surface area (Å²) < 4.78 is 51.1. The third-order valence-corrected chi connectivity index (χ3v) is 8.23. The van der Waals surface area contributed by atoms with Crippen LogP contribution in [0.1, 0.15) is 36.9 Å². The van der Waals surface area contributed by atoms with Gasteiger partial charge in [0.2, 0.25) is 5.91 Å². The summed E-state index contributed by atoms with van der Waals surface area (Å²) in [6, 6.07) is 9.72. The topological polar surface area (TPSA) is 81.5 Å². The number of nitrogens with zero attached hydrogens (tertiary/aromatic N) is 4. The number of amides is 1. The number of fused-ring (bicyclic) bond motifs is 1. The van der Waals surface area contributed by atoms with Crippen molar-refractivity contribution in [3.63, 3.8) is 0 Å². The average Bonchev–Trinajstić information content (AvgIpc) is 3.58. The summed E-state index contributed by atoms with van der Waals surface area (Å²) in [5, 5.41) is 8.14. The second kappa shape index (κ2) is 11.6. The van der Waals surface area contributed by atoms with Crippen molar-refractivity contribution in [3.8, 4) is 22.8 Å². The Balaban J connectivity index is 1.27. The van der Waals surface area contributed by atoms with Gasteiger partial charge in [-0.15, -0.1) is 0 Å². The van der Waals surface area contributed by atoms with Crippen LogP contribution in [0, 0.1) is 11.7 Å². The van der Waals surface area contributed by atoms with Crippen molar-refractivity contribution in [1.29, 1.82) is 0 Å². The smallest absolute Gasteiger partial charge is 0.387 e. The van der Waals surface area contributed by atoms with E-state index in [1.54, 1.807) is 16.8 Å². The standard InChI is InChI=1S/C29H32F3N5O3/c30-20-8-10-26(33-17-20)37-25-16-19(28(38)34-23-5-2-6-24(23)36-11-13-39-14-12-36)7-9-22(25)27(35-37)18-3-1-4-21(15-18)40-29(31)32/h1,3-4,8,10,15,17,19,23-24,29H,2,5-7,9,11-14,16H2,(H,34,38)/t19?,23-,24+/m1/s1. The maximum absolute atomic E-state index is 13.7. The minimum absolute atomic E-state index is 0.0319. The first-order valence-corrected chi connectivity index (χ1v) is 13.9. The summed E-state index contributed by atoms with van der Waals surface area (Å²) in [4.78, 5) is 20.2. The van der Waals surface area contributed by atoms with Crippen molar-refractivity contribution in [2.45, 2.75) is 57.2 Å². The lowest BCUT2D eigenvalue weighted by Gasteiger charge is -2.36. The average molecular weight is 556 g/mol. The molecule has 8 nitrogen and oxygen atoms in total. The normalized spacial score (nSPS) is 23.2. The first-order chi connectivity index (χ1) is 19.5. The van der Waals surface area contributed by atoms with Gasteiger partial charge in [0.25, 0.3) is 0 Å². The Kier molecular flexibility index (Phi) is 7.75. The molecule has 1 saturated heterocycles. The molecule has 212 valence electrons. The molecular weight excluding hydrogens is 523 g/mol. The molecule has 2 aliphatic carbocycles. The number of carbonyl (C=O) groups excluding carboxylic acids is 1. The number of nitrogens with one attached hydrogen (secondary N) is 1. The Labute approximate surface area is 230 Å². The number of hydrogen-bond acceptors (Lipinski definition) is 6. The fourth-order valence-corrected chi connectivity index (χ4v) is 6.33. The lowest BCUT2D eigenvalue weighted by atomic mass is 9.85. The van der Waals surface area contributed by atoms with Gasteiger partial charge in [-0.25, -0.2) is 14.1 Å². The maximum Gasteiger partial charge on any atom is 0.387 e. The van der Waals surface area contributed by atoms with Gasteiger partial charge in [-0.2, -0.15) is 13.9 Å². The molecule has 1 aliphatic heterocycles. The summed E-state index contributed by atoms with van der Waals surface area (Å²) in [5.41, 5.74) is 2.98. The molecule has 3 aromatic rings. The molecule has 0 bridgehead atoms. The minimum Gasteiger partial charge on any atom is -0.435 e. The Morgan fingerprint density at radius 1 is 1.12 bits per heavy atom. The van der Waals surface area contributed by atoms with Crippen LogP contribution in [-0.2, 0) is 22.4 Å². The highest BCUT2D eigenvalue weighted by Crippen LogP contribution is 2.36. The summed E-state index contributed by atoms with van der Waals surface area (Å²) in [6.45, 7) is 0.291. The number of alkyl halides is 2. The van der Waals surface area contributed by atoms with Crippen LogP contribution in [0.3, 0.4) is 0 Å². The number of halogens is 3. The third-order valence-electron chi connectivity index (χ3n) is 8.23. The first-order valence-electron chi connectivity index (χ1n) is 13.9. The largest absolute Gasteiger partial charge is 0.435 e. The molecular formula is C29H32F3N5O3. The predicted octanol–water partition coefficient (Wildman–Crippen LogP) is 4.15.